The molecular weight excluding hydrogens is 198 g/mol. The van der Waals surface area contributed by atoms with Gasteiger partial charge in [-0.2, -0.15) is 0 Å². The minimum Gasteiger partial charge on any atom is -0.462 e. The third-order valence-electron chi connectivity index (χ3n) is 1.81. The van der Waals surface area contributed by atoms with Crippen molar-refractivity contribution in [3.8, 4) is 0 Å². The van der Waals surface area contributed by atoms with E-state index in [1.54, 1.807) is 7.11 Å². The fourth-order valence-electron chi connectivity index (χ4n) is 0.981. The molecule has 1 atom stereocenters. The van der Waals surface area contributed by atoms with E-state index in [0.717, 1.165) is 6.42 Å². The molecule has 2 N–H and O–H groups in total. The molecule has 0 saturated heterocycles. The van der Waals surface area contributed by atoms with Gasteiger partial charge < -0.3 is 19.9 Å². The molecule has 0 radical (unpaired) electrons. The predicted molar refractivity (Wildman–Crippen MR) is 56.5 cm³/mol. The number of nitrogens with two attached hydrogens (primary N) is 1. The van der Waals surface area contributed by atoms with Gasteiger partial charge in [0, 0.05) is 7.11 Å². The first kappa shape index (κ1) is 14.3. The summed E-state index contributed by atoms with van der Waals surface area (Å²) in [5.74, 6) is -0.354. The highest BCUT2D eigenvalue weighted by Crippen LogP contribution is 1.95. The Labute approximate surface area is 90.9 Å². The minimum atomic E-state index is -0.506. The van der Waals surface area contributed by atoms with Gasteiger partial charge in [-0.15, -0.1) is 0 Å². The van der Waals surface area contributed by atoms with Crippen molar-refractivity contribution in [1.29, 1.82) is 0 Å². The van der Waals surface area contributed by atoms with E-state index in [0.29, 0.717) is 26.2 Å². The van der Waals surface area contributed by atoms with Crippen LogP contribution in [-0.2, 0) is 19.0 Å². The Kier molecular flexibility index (Phi) is 9.46. The Bertz CT molecular complexity index is 164. The fraction of sp³-hybridized carbons (Fsp3) is 0.900. The van der Waals surface area contributed by atoms with E-state index < -0.39 is 6.04 Å². The third-order valence-corrected chi connectivity index (χ3v) is 1.81. The molecule has 0 aromatic rings. The van der Waals surface area contributed by atoms with Crippen LogP contribution in [0.3, 0.4) is 0 Å². The molecule has 0 heterocycles. The Morgan fingerprint density at radius 2 is 1.93 bits per heavy atom. The van der Waals surface area contributed by atoms with E-state index in [2.05, 4.69) is 0 Å². The first-order chi connectivity index (χ1) is 7.22. The van der Waals surface area contributed by atoms with E-state index in [1.807, 2.05) is 6.92 Å². The second kappa shape index (κ2) is 9.89. The van der Waals surface area contributed by atoms with Crippen LogP contribution < -0.4 is 5.73 Å². The quantitative estimate of drug-likeness (QED) is 0.446. The number of methoxy groups -OCH3 is 1. The van der Waals surface area contributed by atoms with Crippen molar-refractivity contribution in [3.05, 3.63) is 0 Å². The van der Waals surface area contributed by atoms with Crippen LogP contribution in [0.2, 0.25) is 0 Å². The molecule has 15 heavy (non-hydrogen) atoms. The van der Waals surface area contributed by atoms with Crippen LogP contribution in [-0.4, -0.2) is 45.5 Å². The molecule has 0 aliphatic rings. The summed E-state index contributed by atoms with van der Waals surface area (Å²) < 4.78 is 14.8. The second-order valence-corrected chi connectivity index (χ2v) is 3.17. The Morgan fingerprint density at radius 1 is 1.27 bits per heavy atom. The highest BCUT2D eigenvalue weighted by Gasteiger charge is 2.12. The normalized spacial score (nSPS) is 12.5. The van der Waals surface area contributed by atoms with Crippen LogP contribution in [0.15, 0.2) is 0 Å². The number of carbonyl (C=O) groups excluding carboxylic acids is 1. The summed E-state index contributed by atoms with van der Waals surface area (Å²) in [6.07, 6.45) is 1.53. The van der Waals surface area contributed by atoms with Gasteiger partial charge in [0.15, 0.2) is 0 Å². The zero-order valence-electron chi connectivity index (χ0n) is 9.53. The van der Waals surface area contributed by atoms with Gasteiger partial charge in [0.25, 0.3) is 0 Å². The smallest absolute Gasteiger partial charge is 0.322 e. The highest BCUT2D eigenvalue weighted by molar-refractivity contribution is 5.75. The summed E-state index contributed by atoms with van der Waals surface area (Å²) in [7, 11) is 1.60. The molecule has 0 saturated carbocycles. The largest absolute Gasteiger partial charge is 0.462 e. The van der Waals surface area contributed by atoms with Crippen LogP contribution in [0.5, 0.6) is 0 Å². The van der Waals surface area contributed by atoms with Crippen molar-refractivity contribution in [3.63, 3.8) is 0 Å². The zero-order chi connectivity index (χ0) is 11.5. The first-order valence-electron chi connectivity index (χ1n) is 5.21. The van der Waals surface area contributed by atoms with Gasteiger partial charge in [0.1, 0.15) is 12.6 Å². The number of ether oxygens (including phenoxy) is 3. The van der Waals surface area contributed by atoms with Gasteiger partial charge in [-0.3, -0.25) is 4.79 Å². The molecule has 0 spiro atoms. The SMILES string of the molecule is CCC[C@H](N)C(=O)OCCOCCOC. The summed E-state index contributed by atoms with van der Waals surface area (Å²) in [5, 5.41) is 0. The van der Waals surface area contributed by atoms with E-state index in [1.165, 1.54) is 0 Å². The van der Waals surface area contributed by atoms with Gasteiger partial charge in [0.05, 0.1) is 19.8 Å². The lowest BCUT2D eigenvalue weighted by Crippen LogP contribution is -2.32. The molecule has 0 unspecified atom stereocenters. The fourth-order valence-corrected chi connectivity index (χ4v) is 0.981. The lowest BCUT2D eigenvalue weighted by Gasteiger charge is -2.10. The average Bonchev–Trinajstić information content (AvgIpc) is 2.23. The lowest BCUT2D eigenvalue weighted by atomic mass is 10.2. The number of hydrogen-bond donors (Lipinski definition) is 1. The van der Waals surface area contributed by atoms with Crippen LogP contribution in [0.4, 0.5) is 0 Å². The van der Waals surface area contributed by atoms with Gasteiger partial charge in [-0.25, -0.2) is 0 Å². The molecule has 5 nitrogen and oxygen atoms in total. The topological polar surface area (TPSA) is 70.8 Å². The summed E-state index contributed by atoms with van der Waals surface area (Å²) in [5.41, 5.74) is 5.55. The number of esters is 1. The Balaban J connectivity index is 3.30. The molecule has 0 amide bonds. The van der Waals surface area contributed by atoms with Crippen LogP contribution in [0.1, 0.15) is 19.8 Å². The number of rotatable bonds is 9. The lowest BCUT2D eigenvalue weighted by molar-refractivity contribution is -0.147. The first-order valence-corrected chi connectivity index (χ1v) is 5.21. The summed E-state index contributed by atoms with van der Waals surface area (Å²) in [6, 6.07) is -0.506. The van der Waals surface area contributed by atoms with Crippen molar-refractivity contribution in [2.45, 2.75) is 25.8 Å². The third kappa shape index (κ3) is 8.35. The molecule has 0 fully saturated rings. The summed E-state index contributed by atoms with van der Waals surface area (Å²) >= 11 is 0. The van der Waals surface area contributed by atoms with E-state index in [4.69, 9.17) is 19.9 Å². The maximum absolute atomic E-state index is 11.2. The number of carbonyl (C=O) groups is 1. The average molecular weight is 219 g/mol. The van der Waals surface area contributed by atoms with E-state index in [-0.39, 0.29) is 12.6 Å². The van der Waals surface area contributed by atoms with E-state index in [9.17, 15) is 4.79 Å². The Hall–Kier alpha value is -0.650. The molecule has 90 valence electrons. The maximum Gasteiger partial charge on any atom is 0.322 e. The Morgan fingerprint density at radius 3 is 2.53 bits per heavy atom. The number of hydrogen-bond acceptors (Lipinski definition) is 5. The molecule has 0 aromatic carbocycles. The molecule has 0 aliphatic heterocycles. The predicted octanol–water partition coefficient (Wildman–Crippen LogP) is 0.320. The molecule has 0 bridgehead atoms. The van der Waals surface area contributed by atoms with Gasteiger partial charge in [-0.1, -0.05) is 13.3 Å². The molecule has 0 aromatic heterocycles. The van der Waals surface area contributed by atoms with Crippen molar-refractivity contribution in [2.75, 3.05) is 33.5 Å². The summed E-state index contributed by atoms with van der Waals surface area (Å²) in [6.45, 7) is 3.66. The van der Waals surface area contributed by atoms with Gasteiger partial charge in [0.2, 0.25) is 0 Å². The highest BCUT2D eigenvalue weighted by atomic mass is 16.6. The van der Waals surface area contributed by atoms with Crippen molar-refractivity contribution in [1.82, 2.24) is 0 Å². The van der Waals surface area contributed by atoms with Crippen LogP contribution >= 0.6 is 0 Å². The van der Waals surface area contributed by atoms with Crippen molar-refractivity contribution in [2.24, 2.45) is 5.73 Å². The molecule has 0 rings (SSSR count). The standard InChI is InChI=1S/C10H21NO4/c1-3-4-9(11)10(12)15-8-7-14-6-5-13-2/h9H,3-8,11H2,1-2H3/t9-/m0/s1. The van der Waals surface area contributed by atoms with Gasteiger partial charge in [-0.05, 0) is 6.42 Å². The van der Waals surface area contributed by atoms with Crippen LogP contribution in [0.25, 0.3) is 0 Å². The molecular formula is C10H21NO4. The monoisotopic (exact) mass is 219 g/mol. The van der Waals surface area contributed by atoms with Crippen LogP contribution in [0, 0.1) is 0 Å². The minimum absolute atomic E-state index is 0.250. The zero-order valence-corrected chi connectivity index (χ0v) is 9.53. The summed E-state index contributed by atoms with van der Waals surface area (Å²) in [4.78, 5) is 11.2. The van der Waals surface area contributed by atoms with Gasteiger partial charge >= 0.3 is 5.97 Å². The molecule has 5 heteroatoms. The second-order valence-electron chi connectivity index (χ2n) is 3.17. The molecule has 0 aliphatic carbocycles. The maximum atomic E-state index is 11.2. The van der Waals surface area contributed by atoms with Crippen molar-refractivity contribution >= 4 is 5.97 Å². The van der Waals surface area contributed by atoms with Crippen molar-refractivity contribution < 1.29 is 19.0 Å². The van der Waals surface area contributed by atoms with E-state index >= 15 is 0 Å².